The fourth-order valence-corrected chi connectivity index (χ4v) is 8.27. The Morgan fingerprint density at radius 2 is 1.00 bits per heavy atom. The molecular formula is C45H24N4O3. The minimum Gasteiger partial charge on any atom is -0.456 e. The van der Waals surface area contributed by atoms with Crippen LogP contribution in [-0.2, 0) is 0 Å². The number of aromatic nitrogens is 2. The van der Waals surface area contributed by atoms with E-state index in [9.17, 15) is 14.9 Å². The summed E-state index contributed by atoms with van der Waals surface area (Å²) in [5.74, 6) is -0.806. The summed E-state index contributed by atoms with van der Waals surface area (Å²) in [6.07, 6.45) is 0. The van der Waals surface area contributed by atoms with Gasteiger partial charge in [0.05, 0.1) is 50.5 Å². The number of furan rings is 1. The molecule has 0 N–H and O–H groups in total. The van der Waals surface area contributed by atoms with E-state index < -0.39 is 11.8 Å². The molecule has 0 radical (unpaired) electrons. The van der Waals surface area contributed by atoms with Crippen LogP contribution in [0.25, 0.3) is 76.9 Å². The molecule has 3 aromatic heterocycles. The molecule has 2 amide bonds. The van der Waals surface area contributed by atoms with Gasteiger partial charge in [-0.2, -0.15) is 5.26 Å². The number of amides is 2. The first-order chi connectivity index (χ1) is 25.6. The van der Waals surface area contributed by atoms with Gasteiger partial charge in [0.2, 0.25) is 0 Å². The van der Waals surface area contributed by atoms with Crippen LogP contribution in [0.1, 0.15) is 26.3 Å². The highest BCUT2D eigenvalue weighted by atomic mass is 16.3. The number of nitriles is 1. The molecule has 0 saturated heterocycles. The molecule has 10 aromatic rings. The van der Waals surface area contributed by atoms with E-state index in [2.05, 4.69) is 81.9 Å². The number of nitrogens with zero attached hydrogens (tertiary/aromatic N) is 4. The van der Waals surface area contributed by atoms with Gasteiger partial charge in [-0.15, -0.1) is 0 Å². The predicted octanol–water partition coefficient (Wildman–Crippen LogP) is 10.5. The summed E-state index contributed by atoms with van der Waals surface area (Å²) in [7, 11) is 0. The van der Waals surface area contributed by atoms with Crippen molar-refractivity contribution in [2.75, 3.05) is 4.90 Å². The van der Waals surface area contributed by atoms with Crippen molar-refractivity contribution in [3.05, 3.63) is 162 Å². The second kappa shape index (κ2) is 10.3. The molecule has 4 heterocycles. The molecule has 242 valence electrons. The van der Waals surface area contributed by atoms with Gasteiger partial charge in [-0.1, -0.05) is 66.7 Å². The average Bonchev–Trinajstić information content (AvgIpc) is 3.90. The summed E-state index contributed by atoms with van der Waals surface area (Å²) in [6, 6.07) is 49.8. The number of carbonyl (C=O) groups is 2. The normalized spacial score (nSPS) is 13.0. The van der Waals surface area contributed by atoms with Crippen molar-refractivity contribution < 1.29 is 14.0 Å². The molecular weight excluding hydrogens is 645 g/mol. The first-order valence-electron chi connectivity index (χ1n) is 17.0. The van der Waals surface area contributed by atoms with Crippen molar-refractivity contribution in [2.24, 2.45) is 0 Å². The van der Waals surface area contributed by atoms with Crippen LogP contribution in [0, 0.1) is 11.3 Å². The summed E-state index contributed by atoms with van der Waals surface area (Å²) >= 11 is 0. The summed E-state index contributed by atoms with van der Waals surface area (Å²) in [5, 5.41) is 16.7. The topological polar surface area (TPSA) is 84.2 Å². The average molecular weight is 669 g/mol. The Bertz CT molecular complexity index is 3230. The van der Waals surface area contributed by atoms with Crippen LogP contribution in [0.4, 0.5) is 5.69 Å². The quantitative estimate of drug-likeness (QED) is 0.175. The van der Waals surface area contributed by atoms with Gasteiger partial charge in [-0.25, -0.2) is 4.90 Å². The maximum absolute atomic E-state index is 13.5. The van der Waals surface area contributed by atoms with Crippen molar-refractivity contribution in [3.8, 4) is 17.4 Å². The molecule has 7 aromatic carbocycles. The predicted molar refractivity (Wildman–Crippen MR) is 205 cm³/mol. The van der Waals surface area contributed by atoms with Gasteiger partial charge >= 0.3 is 0 Å². The van der Waals surface area contributed by atoms with Gasteiger partial charge in [0.1, 0.15) is 11.2 Å². The van der Waals surface area contributed by atoms with E-state index in [0.717, 1.165) is 71.2 Å². The highest BCUT2D eigenvalue weighted by Gasteiger charge is 2.37. The molecule has 0 bridgehead atoms. The Kier molecular flexibility index (Phi) is 5.63. The van der Waals surface area contributed by atoms with Crippen LogP contribution in [-0.4, -0.2) is 20.9 Å². The smallest absolute Gasteiger partial charge is 0.266 e. The van der Waals surface area contributed by atoms with Gasteiger partial charge in [-0.05, 0) is 78.9 Å². The molecule has 0 unspecified atom stereocenters. The van der Waals surface area contributed by atoms with Crippen molar-refractivity contribution in [1.82, 2.24) is 9.13 Å². The van der Waals surface area contributed by atoms with Crippen LogP contribution in [0.2, 0.25) is 0 Å². The highest BCUT2D eigenvalue weighted by molar-refractivity contribution is 6.34. The largest absolute Gasteiger partial charge is 0.456 e. The van der Waals surface area contributed by atoms with Crippen molar-refractivity contribution in [1.29, 1.82) is 5.26 Å². The van der Waals surface area contributed by atoms with E-state index in [-0.39, 0.29) is 0 Å². The summed E-state index contributed by atoms with van der Waals surface area (Å²) in [4.78, 5) is 28.3. The highest BCUT2D eigenvalue weighted by Crippen LogP contribution is 2.43. The number of imide groups is 1. The standard InChI is InChI=1S/C45H24N4O3/c46-25-26-21-28(23-29(22-26)49-44(50)31-10-1-2-11-32(31)45(49)51)48-37-15-7-4-13-34(37)43-39(48)19-18-38-42(43)33-12-3-6-14-36(33)47(38)27-17-20-41-35(24-27)30-9-5-8-16-40(30)52-41/h1-24H. The molecule has 0 atom stereocenters. The maximum Gasteiger partial charge on any atom is 0.266 e. The second-order valence-electron chi connectivity index (χ2n) is 13.2. The zero-order valence-electron chi connectivity index (χ0n) is 27.4. The number of anilines is 1. The zero-order chi connectivity index (χ0) is 34.7. The van der Waals surface area contributed by atoms with Crippen LogP contribution in [0.15, 0.2) is 150 Å². The number of fused-ring (bicyclic) bond motifs is 11. The number of rotatable bonds is 3. The van der Waals surface area contributed by atoms with Crippen LogP contribution >= 0.6 is 0 Å². The molecule has 7 nitrogen and oxygen atoms in total. The van der Waals surface area contributed by atoms with Gasteiger partial charge in [0, 0.05) is 43.7 Å². The van der Waals surface area contributed by atoms with E-state index in [0.29, 0.717) is 28.1 Å². The van der Waals surface area contributed by atoms with Crippen LogP contribution in [0.3, 0.4) is 0 Å². The number of benzene rings is 7. The molecule has 0 aliphatic carbocycles. The number of hydrogen-bond acceptors (Lipinski definition) is 4. The zero-order valence-corrected chi connectivity index (χ0v) is 27.4. The van der Waals surface area contributed by atoms with E-state index >= 15 is 0 Å². The lowest BCUT2D eigenvalue weighted by molar-refractivity contribution is 0.0926. The third-order valence-electron chi connectivity index (χ3n) is 10.4. The van der Waals surface area contributed by atoms with Gasteiger partial charge in [0.15, 0.2) is 0 Å². The SMILES string of the molecule is N#Cc1cc(N2C(=O)c3ccccc3C2=O)cc(-n2c3ccccc3c3c4c5ccccc5n(-c5ccc6oc7ccccc7c6c5)c4ccc32)c1. The summed E-state index contributed by atoms with van der Waals surface area (Å²) < 4.78 is 10.6. The molecule has 1 aliphatic heterocycles. The van der Waals surface area contributed by atoms with Gasteiger partial charge < -0.3 is 13.6 Å². The first kappa shape index (κ1) is 28.4. The van der Waals surface area contributed by atoms with Crippen molar-refractivity contribution >= 4 is 83.1 Å². The lowest BCUT2D eigenvalue weighted by Gasteiger charge is -2.17. The Balaban J connectivity index is 1.19. The molecule has 7 heteroatoms. The maximum atomic E-state index is 13.5. The molecule has 0 spiro atoms. The fourth-order valence-electron chi connectivity index (χ4n) is 8.27. The molecule has 1 aliphatic rings. The molecule has 0 fully saturated rings. The van der Waals surface area contributed by atoms with Gasteiger partial charge in [0.25, 0.3) is 11.8 Å². The van der Waals surface area contributed by atoms with E-state index in [1.165, 1.54) is 4.90 Å². The Labute approximate surface area is 295 Å². The van der Waals surface area contributed by atoms with E-state index in [1.54, 1.807) is 30.3 Å². The number of para-hydroxylation sites is 3. The molecule has 11 rings (SSSR count). The number of hydrogen-bond donors (Lipinski definition) is 0. The summed E-state index contributed by atoms with van der Waals surface area (Å²) in [6.45, 7) is 0. The summed E-state index contributed by atoms with van der Waals surface area (Å²) in [5.41, 5.74) is 8.83. The minimum absolute atomic E-state index is 0.342. The van der Waals surface area contributed by atoms with Gasteiger partial charge in [-0.3, -0.25) is 9.59 Å². The third kappa shape index (κ3) is 3.72. The van der Waals surface area contributed by atoms with E-state index in [1.807, 2.05) is 48.5 Å². The monoisotopic (exact) mass is 668 g/mol. The van der Waals surface area contributed by atoms with Crippen LogP contribution < -0.4 is 4.90 Å². The Morgan fingerprint density at radius 3 is 1.65 bits per heavy atom. The third-order valence-corrected chi connectivity index (χ3v) is 10.4. The van der Waals surface area contributed by atoms with Crippen molar-refractivity contribution in [3.63, 3.8) is 0 Å². The molecule has 52 heavy (non-hydrogen) atoms. The Hall–Kier alpha value is -7.43. The lowest BCUT2D eigenvalue weighted by Crippen LogP contribution is -2.29. The fraction of sp³-hybridized carbons (Fsp3) is 0. The lowest BCUT2D eigenvalue weighted by atomic mass is 10.1. The first-order valence-corrected chi connectivity index (χ1v) is 17.0. The van der Waals surface area contributed by atoms with Crippen molar-refractivity contribution in [2.45, 2.75) is 0 Å². The van der Waals surface area contributed by atoms with Crippen LogP contribution in [0.5, 0.6) is 0 Å². The Morgan fingerprint density at radius 1 is 0.462 bits per heavy atom. The van der Waals surface area contributed by atoms with E-state index in [4.69, 9.17) is 4.42 Å². The number of carbonyl (C=O) groups excluding carboxylic acids is 2. The second-order valence-corrected chi connectivity index (χ2v) is 13.2. The minimum atomic E-state index is -0.403. The molecule has 0 saturated carbocycles.